The van der Waals surface area contributed by atoms with Crippen LogP contribution in [0.5, 0.6) is 0 Å². The zero-order valence-electron chi connectivity index (χ0n) is 11.3. The largest absolute Gasteiger partial charge is 0.480 e. The molecule has 0 bridgehead atoms. The molecule has 2 aliphatic rings. The van der Waals surface area contributed by atoms with Crippen LogP contribution in [0.1, 0.15) is 19.8 Å². The van der Waals surface area contributed by atoms with Crippen molar-refractivity contribution in [2.24, 2.45) is 0 Å². The van der Waals surface area contributed by atoms with Gasteiger partial charge in [0.25, 0.3) is 0 Å². The molecule has 20 heavy (non-hydrogen) atoms. The van der Waals surface area contributed by atoms with E-state index in [1.165, 1.54) is 33.3 Å². The molecule has 2 heterocycles. The Morgan fingerprint density at radius 3 is 2.75 bits per heavy atom. The van der Waals surface area contributed by atoms with Gasteiger partial charge in [0.05, 0.1) is 17.0 Å². The first-order valence-electron chi connectivity index (χ1n) is 6.55. The molecule has 0 aromatic carbocycles. The molecule has 2 fully saturated rings. The Bertz CT molecular complexity index is 418. The second-order valence-corrected chi connectivity index (χ2v) is 6.97. The summed E-state index contributed by atoms with van der Waals surface area (Å²) in [6, 6.07) is -0.769. The predicted molar refractivity (Wildman–Crippen MR) is 78.5 cm³/mol. The van der Waals surface area contributed by atoms with Gasteiger partial charge < -0.3 is 14.9 Å². The summed E-state index contributed by atoms with van der Waals surface area (Å²) in [5.41, 5.74) is 0. The van der Waals surface area contributed by atoms with Crippen molar-refractivity contribution in [2.75, 3.05) is 23.9 Å². The van der Waals surface area contributed by atoms with E-state index in [0.29, 0.717) is 17.4 Å². The smallest absolute Gasteiger partial charge is 0.327 e. The fourth-order valence-electron chi connectivity index (χ4n) is 2.34. The van der Waals surface area contributed by atoms with Crippen LogP contribution in [0.3, 0.4) is 0 Å². The van der Waals surface area contributed by atoms with E-state index in [0.717, 1.165) is 12.8 Å². The summed E-state index contributed by atoms with van der Waals surface area (Å²) < 4.78 is 0. The molecule has 0 spiro atoms. The lowest BCUT2D eigenvalue weighted by atomic mass is 10.2. The summed E-state index contributed by atoms with van der Waals surface area (Å²) in [6.07, 6.45) is 1.68. The molecule has 6 nitrogen and oxygen atoms in total. The second-order valence-electron chi connectivity index (χ2n) is 4.80. The van der Waals surface area contributed by atoms with Crippen LogP contribution in [0, 0.1) is 0 Å². The Hall–Kier alpha value is -0.890. The van der Waals surface area contributed by atoms with Crippen molar-refractivity contribution in [3.8, 4) is 0 Å². The minimum Gasteiger partial charge on any atom is -0.480 e. The molecule has 2 amide bonds. The molecule has 0 aromatic heterocycles. The Kier molecular flexibility index (Phi) is 5.20. The Balaban J connectivity index is 2.06. The number of thioether (sulfide) groups is 2. The van der Waals surface area contributed by atoms with Gasteiger partial charge in [-0.2, -0.15) is 0 Å². The van der Waals surface area contributed by atoms with Gasteiger partial charge in [0, 0.05) is 5.75 Å². The summed E-state index contributed by atoms with van der Waals surface area (Å²) in [5, 5.41) is 9.16. The van der Waals surface area contributed by atoms with Gasteiger partial charge in [-0.1, -0.05) is 13.3 Å². The van der Waals surface area contributed by atoms with Crippen molar-refractivity contribution in [3.63, 3.8) is 0 Å². The zero-order valence-corrected chi connectivity index (χ0v) is 12.9. The average Bonchev–Trinajstić information content (AvgIpc) is 2.97. The van der Waals surface area contributed by atoms with Crippen LogP contribution in [-0.4, -0.2) is 68.0 Å². The van der Waals surface area contributed by atoms with E-state index >= 15 is 0 Å². The number of hydrogen-bond donors (Lipinski definition) is 1. The van der Waals surface area contributed by atoms with Gasteiger partial charge in [-0.3, -0.25) is 9.59 Å². The summed E-state index contributed by atoms with van der Waals surface area (Å²) in [5.74, 6) is 0.0799. The van der Waals surface area contributed by atoms with Crippen LogP contribution in [0.15, 0.2) is 0 Å². The molecule has 2 atom stereocenters. The number of carboxylic acids is 1. The highest BCUT2D eigenvalue weighted by atomic mass is 32.2. The van der Waals surface area contributed by atoms with E-state index in [-0.39, 0.29) is 23.7 Å². The van der Waals surface area contributed by atoms with E-state index < -0.39 is 12.0 Å². The van der Waals surface area contributed by atoms with Crippen molar-refractivity contribution >= 4 is 41.3 Å². The van der Waals surface area contributed by atoms with Gasteiger partial charge in [0.1, 0.15) is 12.6 Å². The van der Waals surface area contributed by atoms with Gasteiger partial charge >= 0.3 is 5.97 Å². The molecule has 2 unspecified atom stereocenters. The van der Waals surface area contributed by atoms with Crippen molar-refractivity contribution in [1.82, 2.24) is 9.80 Å². The van der Waals surface area contributed by atoms with Crippen LogP contribution >= 0.6 is 23.5 Å². The molecule has 2 aliphatic heterocycles. The summed E-state index contributed by atoms with van der Waals surface area (Å²) in [4.78, 5) is 38.2. The predicted octanol–water partition coefficient (Wildman–Crippen LogP) is 0.674. The molecule has 8 heteroatoms. The lowest BCUT2D eigenvalue weighted by Gasteiger charge is -2.29. The molecule has 2 saturated heterocycles. The van der Waals surface area contributed by atoms with E-state index in [9.17, 15) is 19.5 Å². The molecular weight excluding hydrogens is 300 g/mol. The highest BCUT2D eigenvalue weighted by Crippen LogP contribution is 2.32. The quantitative estimate of drug-likeness (QED) is 0.803. The highest BCUT2D eigenvalue weighted by Gasteiger charge is 2.41. The van der Waals surface area contributed by atoms with Crippen LogP contribution < -0.4 is 0 Å². The number of rotatable bonds is 5. The highest BCUT2D eigenvalue weighted by molar-refractivity contribution is 8.00. The maximum Gasteiger partial charge on any atom is 0.327 e. The SMILES string of the molecule is CCCC1SCC(C(=O)O)N1C(=O)CN1CSCC1=O. The van der Waals surface area contributed by atoms with Gasteiger partial charge in [-0.25, -0.2) is 4.79 Å². The lowest BCUT2D eigenvalue weighted by molar-refractivity contribution is -0.150. The first kappa shape index (κ1) is 15.5. The molecule has 112 valence electrons. The molecule has 0 radical (unpaired) electrons. The van der Waals surface area contributed by atoms with E-state index in [2.05, 4.69) is 0 Å². The van der Waals surface area contributed by atoms with Crippen molar-refractivity contribution in [3.05, 3.63) is 0 Å². The van der Waals surface area contributed by atoms with Crippen LogP contribution in [0.25, 0.3) is 0 Å². The first-order valence-corrected chi connectivity index (χ1v) is 8.76. The summed E-state index contributed by atoms with van der Waals surface area (Å²) in [7, 11) is 0. The number of amides is 2. The first-order chi connectivity index (χ1) is 9.54. The minimum atomic E-state index is -0.966. The molecule has 2 rings (SSSR count). The summed E-state index contributed by atoms with van der Waals surface area (Å²) >= 11 is 2.99. The number of carbonyl (C=O) groups is 3. The Morgan fingerprint density at radius 1 is 1.45 bits per heavy atom. The van der Waals surface area contributed by atoms with Crippen molar-refractivity contribution in [1.29, 1.82) is 0 Å². The monoisotopic (exact) mass is 318 g/mol. The fourth-order valence-corrected chi connectivity index (χ4v) is 4.78. The van der Waals surface area contributed by atoms with Gasteiger partial charge in [0.15, 0.2) is 0 Å². The second kappa shape index (κ2) is 6.71. The van der Waals surface area contributed by atoms with E-state index in [1.807, 2.05) is 6.92 Å². The standard InChI is InChI=1S/C12H18N2O4S2/c1-2-3-11-14(8(5-20-11)12(17)18)9(15)4-13-7-19-6-10(13)16/h8,11H,2-7H2,1H3,(H,17,18). The average molecular weight is 318 g/mol. The third-order valence-electron chi connectivity index (χ3n) is 3.35. The van der Waals surface area contributed by atoms with Crippen LogP contribution in [0.2, 0.25) is 0 Å². The zero-order chi connectivity index (χ0) is 14.7. The number of carboxylic acid groups (broad SMARTS) is 1. The van der Waals surface area contributed by atoms with Crippen LogP contribution in [0.4, 0.5) is 0 Å². The van der Waals surface area contributed by atoms with Crippen molar-refractivity contribution < 1.29 is 19.5 Å². The van der Waals surface area contributed by atoms with Crippen molar-refractivity contribution in [2.45, 2.75) is 31.2 Å². The maximum absolute atomic E-state index is 12.4. The third-order valence-corrected chi connectivity index (χ3v) is 5.65. The topological polar surface area (TPSA) is 77.9 Å². The number of nitrogens with zero attached hydrogens (tertiary/aromatic N) is 2. The normalized spacial score (nSPS) is 26.4. The number of carbonyl (C=O) groups excluding carboxylic acids is 2. The van der Waals surface area contributed by atoms with E-state index in [4.69, 9.17) is 0 Å². The molecule has 0 saturated carbocycles. The number of aliphatic carboxylic acids is 1. The van der Waals surface area contributed by atoms with E-state index in [1.54, 1.807) is 0 Å². The van der Waals surface area contributed by atoms with Gasteiger partial charge in [0.2, 0.25) is 11.8 Å². The van der Waals surface area contributed by atoms with Crippen LogP contribution in [-0.2, 0) is 14.4 Å². The molecule has 0 aliphatic carbocycles. The van der Waals surface area contributed by atoms with Gasteiger partial charge in [-0.05, 0) is 6.42 Å². The molecular formula is C12H18N2O4S2. The Labute approximate surface area is 126 Å². The summed E-state index contributed by atoms with van der Waals surface area (Å²) in [6.45, 7) is 2.01. The van der Waals surface area contributed by atoms with Gasteiger partial charge in [-0.15, -0.1) is 23.5 Å². The third kappa shape index (κ3) is 3.22. The maximum atomic E-state index is 12.4. The number of hydrogen-bond acceptors (Lipinski definition) is 5. The minimum absolute atomic E-state index is 0.00358. The fraction of sp³-hybridized carbons (Fsp3) is 0.750. The molecule has 1 N–H and O–H groups in total. The Morgan fingerprint density at radius 2 is 2.20 bits per heavy atom. The lowest BCUT2D eigenvalue weighted by Crippen LogP contribution is -2.49. The molecule has 0 aromatic rings.